The molecule has 0 N–H and O–H groups in total. The van der Waals surface area contributed by atoms with E-state index in [4.69, 9.17) is 0 Å². The van der Waals surface area contributed by atoms with Gasteiger partial charge in [0.1, 0.15) is 17.0 Å². The van der Waals surface area contributed by atoms with Gasteiger partial charge >= 0.3 is 0 Å². The predicted molar refractivity (Wildman–Crippen MR) is 71.7 cm³/mol. The summed E-state index contributed by atoms with van der Waals surface area (Å²) >= 11 is 3.05. The van der Waals surface area contributed by atoms with Crippen LogP contribution in [0.5, 0.6) is 0 Å². The van der Waals surface area contributed by atoms with Crippen LogP contribution in [0.3, 0.4) is 0 Å². The van der Waals surface area contributed by atoms with Crippen molar-refractivity contribution in [1.82, 2.24) is 19.3 Å². The average Bonchev–Trinajstić information content (AvgIpc) is 2.80. The van der Waals surface area contributed by atoms with Crippen LogP contribution < -0.4 is 5.56 Å². The van der Waals surface area contributed by atoms with Crippen molar-refractivity contribution in [1.29, 1.82) is 0 Å². The van der Waals surface area contributed by atoms with Crippen LogP contribution in [0.15, 0.2) is 33.8 Å². The SMILES string of the molecule is Cn1c(=O)c(Br)nc2cnn(-c3ccc(F)cc3F)c21. The van der Waals surface area contributed by atoms with Crippen molar-refractivity contribution < 1.29 is 8.78 Å². The van der Waals surface area contributed by atoms with Crippen molar-refractivity contribution in [3.63, 3.8) is 0 Å². The van der Waals surface area contributed by atoms with Gasteiger partial charge < -0.3 is 0 Å². The van der Waals surface area contributed by atoms with E-state index in [2.05, 4.69) is 26.0 Å². The first kappa shape index (κ1) is 12.9. The summed E-state index contributed by atoms with van der Waals surface area (Å²) in [6.07, 6.45) is 1.41. The third kappa shape index (κ3) is 1.83. The second-order valence-corrected chi connectivity index (χ2v) is 4.88. The molecule has 0 atom stereocenters. The van der Waals surface area contributed by atoms with Crippen molar-refractivity contribution in [3.8, 4) is 5.69 Å². The zero-order chi connectivity index (χ0) is 14.4. The predicted octanol–water partition coefficient (Wildman–Crippen LogP) is 2.16. The molecule has 0 aliphatic carbocycles. The number of halogens is 3. The van der Waals surface area contributed by atoms with E-state index in [1.165, 1.54) is 28.6 Å². The van der Waals surface area contributed by atoms with E-state index in [1.807, 2.05) is 0 Å². The Hall–Kier alpha value is -2.09. The van der Waals surface area contributed by atoms with Crippen LogP contribution in [0.2, 0.25) is 0 Å². The molecule has 0 saturated heterocycles. The number of hydrogen-bond acceptors (Lipinski definition) is 3. The number of nitrogens with zero attached hydrogens (tertiary/aromatic N) is 4. The molecule has 0 amide bonds. The summed E-state index contributed by atoms with van der Waals surface area (Å²) in [5.74, 6) is -1.46. The number of benzene rings is 1. The molecule has 0 fully saturated rings. The molecule has 0 unspecified atom stereocenters. The summed E-state index contributed by atoms with van der Waals surface area (Å²) in [6, 6.07) is 3.13. The zero-order valence-electron chi connectivity index (χ0n) is 10.1. The monoisotopic (exact) mass is 340 g/mol. The third-order valence-electron chi connectivity index (χ3n) is 2.88. The molecule has 3 rings (SSSR count). The molecule has 20 heavy (non-hydrogen) atoms. The number of rotatable bonds is 1. The summed E-state index contributed by atoms with van der Waals surface area (Å²) < 4.78 is 29.4. The standard InChI is InChI=1S/C12H7BrF2N4O/c1-18-11-8(17-10(13)12(18)20)5-16-19(11)9-3-2-6(14)4-7(9)15/h2-5H,1H3. The van der Waals surface area contributed by atoms with E-state index in [-0.39, 0.29) is 15.8 Å². The van der Waals surface area contributed by atoms with E-state index in [1.54, 1.807) is 0 Å². The molecular weight excluding hydrogens is 334 g/mol. The lowest BCUT2D eigenvalue weighted by Gasteiger charge is -2.08. The first-order chi connectivity index (χ1) is 9.49. The molecule has 1 aromatic carbocycles. The lowest BCUT2D eigenvalue weighted by molar-refractivity contribution is 0.574. The minimum Gasteiger partial charge on any atom is -0.292 e. The normalized spacial score (nSPS) is 11.2. The van der Waals surface area contributed by atoms with Crippen molar-refractivity contribution in [3.05, 3.63) is 51.0 Å². The summed E-state index contributed by atoms with van der Waals surface area (Å²) in [4.78, 5) is 15.9. The van der Waals surface area contributed by atoms with Gasteiger partial charge in [0.25, 0.3) is 5.56 Å². The average molecular weight is 341 g/mol. The smallest absolute Gasteiger partial charge is 0.285 e. The minimum absolute atomic E-state index is 0.0422. The zero-order valence-corrected chi connectivity index (χ0v) is 11.7. The Morgan fingerprint density at radius 2 is 2.05 bits per heavy atom. The highest BCUT2D eigenvalue weighted by Gasteiger charge is 2.15. The van der Waals surface area contributed by atoms with E-state index < -0.39 is 11.6 Å². The number of hydrogen-bond donors (Lipinski definition) is 0. The van der Waals surface area contributed by atoms with Crippen molar-refractivity contribution in [2.24, 2.45) is 7.05 Å². The Morgan fingerprint density at radius 3 is 2.75 bits per heavy atom. The molecule has 5 nitrogen and oxygen atoms in total. The van der Waals surface area contributed by atoms with Gasteiger partial charge in [-0.1, -0.05) is 0 Å². The van der Waals surface area contributed by atoms with Crippen LogP contribution in [0, 0.1) is 11.6 Å². The van der Waals surface area contributed by atoms with Gasteiger partial charge in [-0.2, -0.15) is 5.10 Å². The Labute approximate surface area is 119 Å². The van der Waals surface area contributed by atoms with E-state index in [0.29, 0.717) is 11.2 Å². The van der Waals surface area contributed by atoms with E-state index >= 15 is 0 Å². The molecule has 0 aliphatic rings. The molecule has 3 aromatic rings. The van der Waals surface area contributed by atoms with Crippen molar-refractivity contribution in [2.45, 2.75) is 0 Å². The van der Waals surface area contributed by atoms with Crippen LogP contribution in [0.4, 0.5) is 8.78 Å². The lowest BCUT2D eigenvalue weighted by Crippen LogP contribution is -2.21. The maximum absolute atomic E-state index is 13.8. The van der Waals surface area contributed by atoms with E-state index in [9.17, 15) is 13.6 Å². The summed E-state index contributed by atoms with van der Waals surface area (Å²) in [7, 11) is 1.52. The van der Waals surface area contributed by atoms with Crippen LogP contribution >= 0.6 is 15.9 Å². The Balaban J connectivity index is 2.38. The minimum atomic E-state index is -0.773. The highest BCUT2D eigenvalue weighted by Crippen LogP contribution is 2.19. The molecule has 0 bridgehead atoms. The third-order valence-corrected chi connectivity index (χ3v) is 3.40. The van der Waals surface area contributed by atoms with Gasteiger partial charge in [-0.25, -0.2) is 18.4 Å². The fraction of sp³-hybridized carbons (Fsp3) is 0.0833. The van der Waals surface area contributed by atoms with Crippen LogP contribution in [0.25, 0.3) is 16.9 Å². The summed E-state index contributed by atoms with van der Waals surface area (Å²) in [6.45, 7) is 0. The molecule has 0 saturated carbocycles. The van der Waals surface area contributed by atoms with Gasteiger partial charge in [0.2, 0.25) is 0 Å². The van der Waals surface area contributed by atoms with Gasteiger partial charge in [-0.05, 0) is 28.1 Å². The molecule has 0 spiro atoms. The molecule has 8 heteroatoms. The Kier molecular flexibility index (Phi) is 2.89. The van der Waals surface area contributed by atoms with Gasteiger partial charge in [-0.15, -0.1) is 0 Å². The Morgan fingerprint density at radius 1 is 1.30 bits per heavy atom. The summed E-state index contributed by atoms with van der Waals surface area (Å²) in [5, 5.41) is 4.01. The van der Waals surface area contributed by atoms with Crippen LogP contribution in [-0.4, -0.2) is 19.3 Å². The topological polar surface area (TPSA) is 52.7 Å². The van der Waals surface area contributed by atoms with Gasteiger partial charge in [0.15, 0.2) is 16.1 Å². The van der Waals surface area contributed by atoms with Gasteiger partial charge in [-0.3, -0.25) is 9.36 Å². The van der Waals surface area contributed by atoms with Crippen LogP contribution in [0.1, 0.15) is 0 Å². The molecule has 102 valence electrons. The van der Waals surface area contributed by atoms with Gasteiger partial charge in [0.05, 0.1) is 6.20 Å². The molecule has 2 aromatic heterocycles. The van der Waals surface area contributed by atoms with Gasteiger partial charge in [0, 0.05) is 13.1 Å². The second-order valence-electron chi connectivity index (χ2n) is 4.13. The Bertz CT molecular complexity index is 887. The highest BCUT2D eigenvalue weighted by molar-refractivity contribution is 9.10. The highest BCUT2D eigenvalue weighted by atomic mass is 79.9. The quantitative estimate of drug-likeness (QED) is 0.682. The lowest BCUT2D eigenvalue weighted by atomic mass is 10.3. The number of aryl methyl sites for hydroxylation is 1. The first-order valence-corrected chi connectivity index (χ1v) is 6.34. The molecular formula is C12H7BrF2N4O. The summed E-state index contributed by atoms with van der Waals surface area (Å²) in [5.41, 5.74) is 0.411. The second kappa shape index (κ2) is 4.48. The number of aromatic nitrogens is 4. The van der Waals surface area contributed by atoms with Crippen LogP contribution in [-0.2, 0) is 7.05 Å². The molecule has 0 radical (unpaired) electrons. The van der Waals surface area contributed by atoms with Crippen molar-refractivity contribution in [2.75, 3.05) is 0 Å². The molecule has 2 heterocycles. The fourth-order valence-corrected chi connectivity index (χ4v) is 2.40. The first-order valence-electron chi connectivity index (χ1n) is 5.54. The number of fused-ring (bicyclic) bond motifs is 1. The van der Waals surface area contributed by atoms with E-state index in [0.717, 1.165) is 12.1 Å². The fourth-order valence-electron chi connectivity index (χ4n) is 1.94. The molecule has 0 aliphatic heterocycles. The van der Waals surface area contributed by atoms with Crippen molar-refractivity contribution >= 4 is 27.1 Å². The largest absolute Gasteiger partial charge is 0.292 e. The maximum Gasteiger partial charge on any atom is 0.285 e. The maximum atomic E-state index is 13.8.